The molecule has 0 aromatic heterocycles. The molecular formula is C33H28Cl2O2Zr. The minimum atomic E-state index is -0.398. The van der Waals surface area contributed by atoms with E-state index in [0.29, 0.717) is 0 Å². The molecule has 190 valence electrons. The van der Waals surface area contributed by atoms with Crippen molar-refractivity contribution in [2.24, 2.45) is 0 Å². The van der Waals surface area contributed by atoms with Crippen molar-refractivity contribution in [2.45, 2.75) is 17.8 Å². The molecule has 0 amide bonds. The van der Waals surface area contributed by atoms with Crippen LogP contribution in [-0.2, 0) is 31.6 Å². The van der Waals surface area contributed by atoms with Crippen molar-refractivity contribution in [3.05, 3.63) is 143 Å². The van der Waals surface area contributed by atoms with E-state index in [-0.39, 0.29) is 56.9 Å². The van der Waals surface area contributed by atoms with Gasteiger partial charge in [-0.05, 0) is 64.1 Å². The van der Waals surface area contributed by atoms with E-state index in [1.54, 1.807) is 14.2 Å². The van der Waals surface area contributed by atoms with Gasteiger partial charge in [-0.15, -0.1) is 0 Å². The van der Waals surface area contributed by atoms with Crippen LogP contribution in [0.25, 0.3) is 11.1 Å². The van der Waals surface area contributed by atoms with Crippen molar-refractivity contribution >= 4 is 0 Å². The van der Waals surface area contributed by atoms with Crippen molar-refractivity contribution in [1.29, 1.82) is 0 Å². The van der Waals surface area contributed by atoms with Crippen molar-refractivity contribution in [1.82, 2.24) is 0 Å². The van der Waals surface area contributed by atoms with Gasteiger partial charge in [-0.25, -0.2) is 0 Å². The molecule has 2 nitrogen and oxygen atoms in total. The van der Waals surface area contributed by atoms with Crippen molar-refractivity contribution in [2.75, 3.05) is 14.2 Å². The summed E-state index contributed by atoms with van der Waals surface area (Å²) in [6.07, 6.45) is 7.70. The van der Waals surface area contributed by atoms with Crippen LogP contribution in [0.4, 0.5) is 0 Å². The normalized spacial score (nSPS) is 13.3. The Labute approximate surface area is 256 Å². The van der Waals surface area contributed by atoms with Gasteiger partial charge in [0.05, 0.1) is 19.6 Å². The minimum Gasteiger partial charge on any atom is -1.00 e. The second-order valence-corrected chi connectivity index (χ2v) is 9.20. The molecule has 0 unspecified atom stereocenters. The van der Waals surface area contributed by atoms with E-state index in [1.165, 1.54) is 39.0 Å². The van der Waals surface area contributed by atoms with Gasteiger partial charge in [-0.1, -0.05) is 96.6 Å². The van der Waals surface area contributed by atoms with Gasteiger partial charge in [0.25, 0.3) is 0 Å². The quantitative estimate of drug-likeness (QED) is 0.328. The van der Waals surface area contributed by atoms with Crippen LogP contribution >= 0.6 is 0 Å². The van der Waals surface area contributed by atoms with Gasteiger partial charge in [0.2, 0.25) is 0 Å². The Balaban J connectivity index is 0.00000133. The third kappa shape index (κ3) is 4.70. The zero-order chi connectivity index (χ0) is 23.8. The molecule has 6 rings (SSSR count). The van der Waals surface area contributed by atoms with Gasteiger partial charge in [-0.2, -0.15) is 0 Å². The molecule has 0 spiro atoms. The summed E-state index contributed by atoms with van der Waals surface area (Å²) in [7, 11) is 3.49. The predicted molar refractivity (Wildman–Crippen MR) is 142 cm³/mol. The molecule has 0 fully saturated rings. The Hall–Kier alpha value is -2.58. The summed E-state index contributed by atoms with van der Waals surface area (Å²) in [6.45, 7) is 0. The van der Waals surface area contributed by atoms with Crippen LogP contribution in [0.1, 0.15) is 34.6 Å². The Kier molecular flexibility index (Phi) is 9.87. The fourth-order valence-corrected chi connectivity index (χ4v) is 6.14. The molecule has 0 atom stereocenters. The molecule has 2 aliphatic carbocycles. The molecule has 4 aromatic carbocycles. The molecule has 4 aromatic rings. The molecule has 0 aliphatic heterocycles. The molecule has 0 saturated carbocycles. The van der Waals surface area contributed by atoms with Crippen LogP contribution in [0.15, 0.2) is 121 Å². The molecule has 0 N–H and O–H groups in total. The molecule has 2 aliphatic rings. The molecule has 0 radical (unpaired) electrons. The topological polar surface area (TPSA) is 18.5 Å². The number of ether oxygens (including phenoxy) is 2. The first-order chi connectivity index (χ1) is 17.3. The van der Waals surface area contributed by atoms with Crippen LogP contribution in [0.3, 0.4) is 0 Å². The Morgan fingerprint density at radius 2 is 1.13 bits per heavy atom. The van der Waals surface area contributed by atoms with Crippen LogP contribution < -0.4 is 34.3 Å². The zero-order valence-corrected chi connectivity index (χ0v) is 25.3. The van der Waals surface area contributed by atoms with Crippen LogP contribution in [0.5, 0.6) is 11.5 Å². The summed E-state index contributed by atoms with van der Waals surface area (Å²) in [4.78, 5) is 0. The number of halogens is 2. The smallest absolute Gasteiger partial charge is 1.00 e. The Morgan fingerprint density at radius 3 is 1.53 bits per heavy atom. The predicted octanol–water partition coefficient (Wildman–Crippen LogP) is 1.69. The number of hydrogen-bond donors (Lipinski definition) is 0. The van der Waals surface area contributed by atoms with E-state index in [0.717, 1.165) is 17.9 Å². The fraction of sp³-hybridized carbons (Fsp3) is 0.152. The summed E-state index contributed by atoms with van der Waals surface area (Å²) in [5.41, 5.74) is 8.66. The number of allylic oxidation sites excluding steroid dienone is 4. The van der Waals surface area contributed by atoms with E-state index in [9.17, 15) is 0 Å². The van der Waals surface area contributed by atoms with Gasteiger partial charge in [0.15, 0.2) is 0 Å². The molecule has 38 heavy (non-hydrogen) atoms. The third-order valence-corrected chi connectivity index (χ3v) is 7.60. The largest absolute Gasteiger partial charge is 2.00 e. The maximum Gasteiger partial charge on any atom is 2.00 e. The fourth-order valence-electron chi connectivity index (χ4n) is 6.14. The number of hydrogen-bond acceptors (Lipinski definition) is 2. The number of methoxy groups -OCH3 is 2. The maximum absolute atomic E-state index is 5.73. The average molecular weight is 619 g/mol. The molecular weight excluding hydrogens is 590 g/mol. The van der Waals surface area contributed by atoms with Crippen molar-refractivity contribution in [3.63, 3.8) is 0 Å². The van der Waals surface area contributed by atoms with Crippen molar-refractivity contribution < 1.29 is 60.5 Å². The Bertz CT molecular complexity index is 1360. The van der Waals surface area contributed by atoms with Gasteiger partial charge in [-0.3, -0.25) is 0 Å². The van der Waals surface area contributed by atoms with Crippen molar-refractivity contribution in [3.8, 4) is 22.6 Å². The van der Waals surface area contributed by atoms with Crippen LogP contribution in [-0.4, -0.2) is 14.2 Å². The number of fused-ring (bicyclic) bond motifs is 3. The first kappa shape index (κ1) is 30.0. The summed E-state index contributed by atoms with van der Waals surface area (Å²) in [5.74, 6) is 1.80. The van der Waals surface area contributed by atoms with Crippen LogP contribution in [0.2, 0.25) is 0 Å². The van der Waals surface area contributed by atoms with E-state index >= 15 is 0 Å². The monoisotopic (exact) mass is 616 g/mol. The van der Waals surface area contributed by atoms with E-state index in [4.69, 9.17) is 9.47 Å². The average Bonchev–Trinajstić information content (AvgIpc) is 3.57. The summed E-state index contributed by atoms with van der Waals surface area (Å²) >= 11 is 0. The van der Waals surface area contributed by atoms with E-state index in [2.05, 4.69) is 115 Å². The summed E-state index contributed by atoms with van der Waals surface area (Å²) in [5, 5.41) is 0. The van der Waals surface area contributed by atoms with Gasteiger partial charge in [0, 0.05) is 5.92 Å². The molecule has 0 heterocycles. The first-order valence-corrected chi connectivity index (χ1v) is 12.1. The van der Waals surface area contributed by atoms with E-state index < -0.39 is 5.41 Å². The molecule has 0 saturated heterocycles. The maximum atomic E-state index is 5.73. The second-order valence-electron chi connectivity index (χ2n) is 9.20. The van der Waals surface area contributed by atoms with Gasteiger partial charge in [0.1, 0.15) is 11.5 Å². The standard InChI is InChI=1S/C33H28O2.2ClH.Zr/c1-34-26-17-19-28-29-20-18-27(35-2)22-31(29)32(30(28)21-26)33(25-15-9-10-16-25,23-11-5-3-6-12-23)24-13-7-4-8-14-24;;;/h3-15,17-22,32H,16H2,1-2H3;2*1H;/q;;;+2/p-2. The molecule has 5 heteroatoms. The molecule has 0 bridgehead atoms. The Morgan fingerprint density at radius 1 is 0.658 bits per heavy atom. The first-order valence-electron chi connectivity index (χ1n) is 12.1. The minimum absolute atomic E-state index is 0. The number of benzene rings is 4. The zero-order valence-electron chi connectivity index (χ0n) is 21.3. The van der Waals surface area contributed by atoms with Gasteiger partial charge < -0.3 is 34.3 Å². The SMILES string of the molecule is COc1ccc2c(c1)C(C(C1=CC=CC1)(c1ccccc1)c1ccccc1)c1cc(OC)ccc1-2.[Cl-].[Cl-].[Zr+2]. The van der Waals surface area contributed by atoms with Crippen LogP contribution in [0, 0.1) is 0 Å². The summed E-state index contributed by atoms with van der Waals surface area (Å²) < 4.78 is 11.5. The number of rotatable bonds is 6. The third-order valence-electron chi connectivity index (χ3n) is 7.60. The summed E-state index contributed by atoms with van der Waals surface area (Å²) in [6, 6.07) is 35.0. The van der Waals surface area contributed by atoms with E-state index in [1.807, 2.05) is 0 Å². The van der Waals surface area contributed by atoms with Gasteiger partial charge >= 0.3 is 26.2 Å². The second kappa shape index (κ2) is 12.5.